The fourth-order valence-corrected chi connectivity index (χ4v) is 2.96. The molecule has 3 rings (SSSR count). The first-order chi connectivity index (χ1) is 12.1. The Kier molecular flexibility index (Phi) is 4.85. The number of benzene rings is 1. The van der Waals surface area contributed by atoms with E-state index in [0.29, 0.717) is 12.4 Å². The van der Waals surface area contributed by atoms with Crippen molar-refractivity contribution in [2.45, 2.75) is 25.8 Å². The monoisotopic (exact) mass is 331 g/mol. The minimum atomic E-state index is -0.869. The second-order valence-electron chi connectivity index (χ2n) is 6.22. The Morgan fingerprint density at radius 3 is 2.68 bits per heavy atom. The fraction of sp³-hybridized carbons (Fsp3) is 0.238. The largest absolute Gasteiger partial charge is 0.494 e. The summed E-state index contributed by atoms with van der Waals surface area (Å²) in [5.74, 6) is 0.673. The Labute approximate surface area is 148 Å². The van der Waals surface area contributed by atoms with Crippen molar-refractivity contribution in [1.82, 2.24) is 10.3 Å². The van der Waals surface area contributed by atoms with Gasteiger partial charge in [0, 0.05) is 36.2 Å². The molecule has 126 valence electrons. The van der Waals surface area contributed by atoms with Gasteiger partial charge in [-0.05, 0) is 31.1 Å². The van der Waals surface area contributed by atoms with E-state index in [1.165, 1.54) is 5.56 Å². The van der Waals surface area contributed by atoms with Gasteiger partial charge in [-0.15, -0.1) is 0 Å². The molecule has 1 aliphatic rings. The van der Waals surface area contributed by atoms with Gasteiger partial charge < -0.3 is 10.1 Å². The Morgan fingerprint density at radius 1 is 1.20 bits per heavy atom. The van der Waals surface area contributed by atoms with Crippen LogP contribution in [0.5, 0.6) is 0 Å². The van der Waals surface area contributed by atoms with Crippen molar-refractivity contribution in [3.8, 4) is 6.07 Å². The molecule has 0 fully saturated rings. The van der Waals surface area contributed by atoms with Gasteiger partial charge >= 0.3 is 0 Å². The summed E-state index contributed by atoms with van der Waals surface area (Å²) >= 11 is 0. The smallest absolute Gasteiger partial charge is 0.180 e. The maximum Gasteiger partial charge on any atom is 0.180 e. The zero-order valence-electron chi connectivity index (χ0n) is 14.5. The van der Waals surface area contributed by atoms with Crippen LogP contribution in [-0.2, 0) is 11.2 Å². The molecule has 2 heterocycles. The van der Waals surface area contributed by atoms with Crippen LogP contribution in [0.2, 0.25) is 0 Å². The predicted octanol–water partition coefficient (Wildman–Crippen LogP) is 3.84. The number of dihydropyridines is 1. The summed E-state index contributed by atoms with van der Waals surface area (Å²) in [5.41, 5.74) is 3.30. The highest BCUT2D eigenvalue weighted by Gasteiger charge is 2.35. The number of nitrogens with zero attached hydrogens (tertiary/aromatic N) is 2. The zero-order chi connectivity index (χ0) is 17.7. The van der Waals surface area contributed by atoms with Crippen molar-refractivity contribution < 1.29 is 4.74 Å². The Balaban J connectivity index is 1.83. The van der Waals surface area contributed by atoms with Gasteiger partial charge in [0.2, 0.25) is 0 Å². The highest BCUT2D eigenvalue weighted by molar-refractivity contribution is 5.80. The summed E-state index contributed by atoms with van der Waals surface area (Å²) in [6, 6.07) is 16.4. The molecule has 0 aliphatic carbocycles. The number of allylic oxidation sites excluding steroid dienone is 2. The standard InChI is InChI=1S/C21H21N3O/c1-16-19(18-9-6-11-23-13-18)14-24-21(2,15-22)20(16)25-12-10-17-7-4-3-5-8-17/h3-9,11,13-14,24H,10,12H2,1-2H3. The summed E-state index contributed by atoms with van der Waals surface area (Å²) in [5, 5.41) is 12.8. The lowest BCUT2D eigenvalue weighted by Gasteiger charge is -2.32. The number of rotatable bonds is 5. The minimum Gasteiger partial charge on any atom is -0.494 e. The maximum atomic E-state index is 9.64. The van der Waals surface area contributed by atoms with Crippen LogP contribution in [0.3, 0.4) is 0 Å². The molecule has 0 amide bonds. The Hall–Kier alpha value is -3.06. The van der Waals surface area contributed by atoms with Gasteiger partial charge in [0.15, 0.2) is 5.54 Å². The van der Waals surface area contributed by atoms with Crippen LogP contribution >= 0.6 is 0 Å². The molecule has 0 saturated heterocycles. The van der Waals surface area contributed by atoms with E-state index in [2.05, 4.69) is 28.5 Å². The normalized spacial score (nSPS) is 19.6. The van der Waals surface area contributed by atoms with Crippen molar-refractivity contribution in [2.24, 2.45) is 0 Å². The van der Waals surface area contributed by atoms with Crippen LogP contribution in [0, 0.1) is 11.3 Å². The van der Waals surface area contributed by atoms with E-state index in [9.17, 15) is 5.26 Å². The molecule has 1 aromatic carbocycles. The van der Waals surface area contributed by atoms with Gasteiger partial charge in [-0.3, -0.25) is 4.98 Å². The molecule has 1 atom stereocenters. The average molecular weight is 331 g/mol. The van der Waals surface area contributed by atoms with E-state index >= 15 is 0 Å². The van der Waals surface area contributed by atoms with Crippen LogP contribution in [-0.4, -0.2) is 17.1 Å². The lowest BCUT2D eigenvalue weighted by molar-refractivity contribution is 0.174. The van der Waals surface area contributed by atoms with Crippen LogP contribution in [0.4, 0.5) is 0 Å². The predicted molar refractivity (Wildman–Crippen MR) is 98.2 cm³/mol. The molecule has 4 nitrogen and oxygen atoms in total. The Morgan fingerprint density at radius 2 is 2.00 bits per heavy atom. The minimum absolute atomic E-state index is 0.524. The van der Waals surface area contributed by atoms with Crippen LogP contribution in [0.25, 0.3) is 5.57 Å². The molecule has 0 bridgehead atoms. The molecule has 0 saturated carbocycles. The van der Waals surface area contributed by atoms with E-state index in [1.807, 2.05) is 56.6 Å². The molecule has 0 radical (unpaired) electrons. The number of aromatic nitrogens is 1. The third kappa shape index (κ3) is 3.56. The number of nitriles is 1. The molecule has 1 aromatic heterocycles. The summed E-state index contributed by atoms with van der Waals surface area (Å²) in [7, 11) is 0. The molecule has 1 unspecified atom stereocenters. The van der Waals surface area contributed by atoms with Crippen molar-refractivity contribution in [2.75, 3.05) is 6.61 Å². The first-order valence-electron chi connectivity index (χ1n) is 8.32. The zero-order valence-corrected chi connectivity index (χ0v) is 14.5. The first-order valence-corrected chi connectivity index (χ1v) is 8.32. The second kappa shape index (κ2) is 7.23. The van der Waals surface area contributed by atoms with E-state index in [-0.39, 0.29) is 0 Å². The number of ether oxygens (including phenoxy) is 1. The van der Waals surface area contributed by atoms with Crippen LogP contribution in [0.1, 0.15) is 25.0 Å². The average Bonchev–Trinajstić information content (AvgIpc) is 2.66. The van der Waals surface area contributed by atoms with Gasteiger partial charge in [0.25, 0.3) is 0 Å². The molecular formula is C21H21N3O. The number of pyridine rings is 1. The second-order valence-corrected chi connectivity index (χ2v) is 6.22. The highest BCUT2D eigenvalue weighted by Crippen LogP contribution is 2.34. The first kappa shape index (κ1) is 16.8. The SMILES string of the molecule is CC1=C(OCCc2ccccc2)C(C)(C#N)NC=C1c1cccnc1. The van der Waals surface area contributed by atoms with Gasteiger partial charge in [-0.25, -0.2) is 0 Å². The van der Waals surface area contributed by atoms with Crippen molar-refractivity contribution in [3.63, 3.8) is 0 Å². The molecular weight excluding hydrogens is 310 g/mol. The lowest BCUT2D eigenvalue weighted by Crippen LogP contribution is -2.43. The lowest BCUT2D eigenvalue weighted by atomic mass is 9.88. The molecule has 4 heteroatoms. The van der Waals surface area contributed by atoms with E-state index in [0.717, 1.165) is 23.1 Å². The van der Waals surface area contributed by atoms with Gasteiger partial charge in [0.05, 0.1) is 12.7 Å². The molecule has 0 spiro atoms. The molecule has 25 heavy (non-hydrogen) atoms. The van der Waals surface area contributed by atoms with E-state index < -0.39 is 5.54 Å². The third-order valence-corrected chi connectivity index (χ3v) is 4.38. The van der Waals surface area contributed by atoms with Crippen molar-refractivity contribution >= 4 is 5.57 Å². The summed E-state index contributed by atoms with van der Waals surface area (Å²) in [6.45, 7) is 4.36. The van der Waals surface area contributed by atoms with Crippen molar-refractivity contribution in [3.05, 3.63) is 83.5 Å². The topological polar surface area (TPSA) is 57.9 Å². The number of nitrogens with one attached hydrogen (secondary N) is 1. The van der Waals surface area contributed by atoms with Gasteiger partial charge in [-0.1, -0.05) is 36.4 Å². The molecule has 2 aromatic rings. The maximum absolute atomic E-state index is 9.64. The van der Waals surface area contributed by atoms with Gasteiger partial charge in [0.1, 0.15) is 5.76 Å². The van der Waals surface area contributed by atoms with Crippen LogP contribution < -0.4 is 5.32 Å². The quantitative estimate of drug-likeness (QED) is 0.904. The fourth-order valence-electron chi connectivity index (χ4n) is 2.96. The highest BCUT2D eigenvalue weighted by atomic mass is 16.5. The van der Waals surface area contributed by atoms with Crippen LogP contribution in [0.15, 0.2) is 72.4 Å². The number of hydrogen-bond acceptors (Lipinski definition) is 4. The molecule has 1 N–H and O–H groups in total. The summed E-state index contributed by atoms with van der Waals surface area (Å²) in [4.78, 5) is 4.18. The summed E-state index contributed by atoms with van der Waals surface area (Å²) < 4.78 is 6.09. The summed E-state index contributed by atoms with van der Waals surface area (Å²) in [6.07, 6.45) is 6.23. The van der Waals surface area contributed by atoms with Gasteiger partial charge in [-0.2, -0.15) is 5.26 Å². The molecule has 1 aliphatic heterocycles. The third-order valence-electron chi connectivity index (χ3n) is 4.38. The Bertz CT molecular complexity index is 834. The number of hydrogen-bond donors (Lipinski definition) is 1. The van der Waals surface area contributed by atoms with E-state index in [1.54, 1.807) is 6.20 Å². The van der Waals surface area contributed by atoms with E-state index in [4.69, 9.17) is 4.74 Å². The van der Waals surface area contributed by atoms with Crippen molar-refractivity contribution in [1.29, 1.82) is 5.26 Å².